The summed E-state index contributed by atoms with van der Waals surface area (Å²) in [6.45, 7) is 9.27. The second kappa shape index (κ2) is 7.37. The highest BCUT2D eigenvalue weighted by molar-refractivity contribution is 7.87. The van der Waals surface area contributed by atoms with Gasteiger partial charge in [0.05, 0.1) is 0 Å². The van der Waals surface area contributed by atoms with Gasteiger partial charge >= 0.3 is 0 Å². The number of carbonyl (C=O) groups excluding carboxylic acids is 1. The van der Waals surface area contributed by atoms with Gasteiger partial charge in [0.15, 0.2) is 7.14 Å². The van der Waals surface area contributed by atoms with E-state index in [4.69, 9.17) is 5.41 Å². The maximum Gasteiger partial charge on any atom is 0.226 e. The minimum atomic E-state index is -3.26. The second-order valence-electron chi connectivity index (χ2n) is 5.32. The molecule has 24 heavy (non-hydrogen) atoms. The van der Waals surface area contributed by atoms with E-state index >= 15 is 0 Å². The summed E-state index contributed by atoms with van der Waals surface area (Å²) in [5.74, 6) is 0. The Morgan fingerprint density at radius 1 is 1.12 bits per heavy atom. The molecule has 1 unspecified atom stereocenters. The standard InChI is InChI=1S/C20H20NO2P/c1-4-16-12-15(14-21)13-17(5-2)19(16)20(22)24(23,6-3)18-10-8-7-9-11-18/h4-5,7-14,21H,1-2,6H2,3H3. The normalized spacial score (nSPS) is 12.9. The largest absolute Gasteiger partial charge is 0.310 e. The summed E-state index contributed by atoms with van der Waals surface area (Å²) in [5, 5.41) is 7.98. The first kappa shape index (κ1) is 17.8. The van der Waals surface area contributed by atoms with Crippen LogP contribution >= 0.6 is 7.14 Å². The van der Waals surface area contributed by atoms with E-state index < -0.39 is 12.7 Å². The monoisotopic (exact) mass is 337 g/mol. The van der Waals surface area contributed by atoms with Crippen LogP contribution in [0, 0.1) is 5.41 Å². The molecule has 0 aliphatic rings. The number of nitrogens with one attached hydrogen (secondary N) is 1. The first-order chi connectivity index (χ1) is 11.5. The Kier molecular flexibility index (Phi) is 5.48. The fourth-order valence-corrected chi connectivity index (χ4v) is 4.82. The molecule has 0 bridgehead atoms. The zero-order chi connectivity index (χ0) is 17.7. The fourth-order valence-electron chi connectivity index (χ4n) is 2.66. The Labute approximate surface area is 142 Å². The molecule has 1 N–H and O–H groups in total. The summed E-state index contributed by atoms with van der Waals surface area (Å²) in [5.41, 5.74) is 1.75. The summed E-state index contributed by atoms with van der Waals surface area (Å²) < 4.78 is 13.5. The average Bonchev–Trinajstić information content (AvgIpc) is 2.66. The smallest absolute Gasteiger partial charge is 0.226 e. The Hall–Kier alpha value is -2.51. The summed E-state index contributed by atoms with van der Waals surface area (Å²) in [6.07, 6.45) is 4.55. The zero-order valence-electron chi connectivity index (χ0n) is 13.7. The minimum absolute atomic E-state index is 0.245. The van der Waals surface area contributed by atoms with Crippen molar-refractivity contribution in [1.29, 1.82) is 5.41 Å². The lowest BCUT2D eigenvalue weighted by atomic mass is 9.98. The van der Waals surface area contributed by atoms with Crippen molar-refractivity contribution in [2.24, 2.45) is 0 Å². The molecule has 3 nitrogen and oxygen atoms in total. The Morgan fingerprint density at radius 3 is 2.08 bits per heavy atom. The predicted octanol–water partition coefficient (Wildman–Crippen LogP) is 4.82. The van der Waals surface area contributed by atoms with Crippen LogP contribution in [-0.2, 0) is 4.57 Å². The van der Waals surface area contributed by atoms with E-state index in [0.717, 1.165) is 0 Å². The van der Waals surface area contributed by atoms with Crippen molar-refractivity contribution >= 4 is 36.3 Å². The van der Waals surface area contributed by atoms with Crippen LogP contribution < -0.4 is 5.30 Å². The molecule has 2 aromatic rings. The molecule has 0 aliphatic carbocycles. The van der Waals surface area contributed by atoms with Crippen LogP contribution in [0.2, 0.25) is 0 Å². The van der Waals surface area contributed by atoms with Gasteiger partial charge in [-0.15, -0.1) is 0 Å². The SMILES string of the molecule is C=Cc1cc(C=N)cc(C=C)c1C(=O)P(=O)(CC)c1ccccc1. The fraction of sp³-hybridized carbons (Fsp3) is 0.100. The van der Waals surface area contributed by atoms with Crippen LogP contribution in [-0.4, -0.2) is 17.9 Å². The third kappa shape index (κ3) is 3.08. The molecule has 0 spiro atoms. The lowest BCUT2D eigenvalue weighted by Crippen LogP contribution is -2.17. The molecular formula is C20H20NO2P. The van der Waals surface area contributed by atoms with Gasteiger partial charge in [0.1, 0.15) is 0 Å². The minimum Gasteiger partial charge on any atom is -0.310 e. The number of benzene rings is 2. The van der Waals surface area contributed by atoms with Crippen LogP contribution in [0.15, 0.2) is 55.6 Å². The van der Waals surface area contributed by atoms with E-state index in [9.17, 15) is 9.36 Å². The van der Waals surface area contributed by atoms with Crippen molar-refractivity contribution in [3.05, 3.63) is 77.9 Å². The van der Waals surface area contributed by atoms with Crippen molar-refractivity contribution in [3.8, 4) is 0 Å². The van der Waals surface area contributed by atoms with Crippen LogP contribution in [0.4, 0.5) is 0 Å². The van der Waals surface area contributed by atoms with Gasteiger partial charge in [0, 0.05) is 23.2 Å². The molecule has 2 rings (SSSR count). The average molecular weight is 337 g/mol. The highest BCUT2D eigenvalue weighted by atomic mass is 31.2. The lowest BCUT2D eigenvalue weighted by Gasteiger charge is -2.19. The second-order valence-corrected chi connectivity index (χ2v) is 8.36. The van der Waals surface area contributed by atoms with Gasteiger partial charge in [-0.2, -0.15) is 0 Å². The van der Waals surface area contributed by atoms with E-state index in [0.29, 0.717) is 27.6 Å². The quantitative estimate of drug-likeness (QED) is 0.582. The van der Waals surface area contributed by atoms with Crippen molar-refractivity contribution < 1.29 is 9.36 Å². The van der Waals surface area contributed by atoms with E-state index in [2.05, 4.69) is 13.2 Å². The molecule has 0 radical (unpaired) electrons. The van der Waals surface area contributed by atoms with E-state index in [1.807, 2.05) is 6.07 Å². The third-order valence-electron chi connectivity index (χ3n) is 3.99. The molecule has 4 heteroatoms. The lowest BCUT2D eigenvalue weighted by molar-refractivity contribution is 0.107. The molecule has 2 aromatic carbocycles. The Balaban J connectivity index is 2.72. The molecule has 1 atom stereocenters. The summed E-state index contributed by atoms with van der Waals surface area (Å²) in [7, 11) is -3.26. The molecule has 0 fully saturated rings. The maximum absolute atomic E-state index is 13.5. The number of rotatable bonds is 7. The number of hydrogen-bond acceptors (Lipinski definition) is 3. The topological polar surface area (TPSA) is 58.0 Å². The van der Waals surface area contributed by atoms with Crippen molar-refractivity contribution in [1.82, 2.24) is 0 Å². The molecule has 0 aromatic heterocycles. The van der Waals surface area contributed by atoms with Crippen LogP contribution in [0.25, 0.3) is 12.2 Å². The molecule has 0 saturated carbocycles. The van der Waals surface area contributed by atoms with E-state index in [1.54, 1.807) is 55.5 Å². The van der Waals surface area contributed by atoms with Gasteiger partial charge in [-0.25, -0.2) is 0 Å². The Bertz CT molecular complexity index is 824. The third-order valence-corrected chi connectivity index (χ3v) is 6.89. The Morgan fingerprint density at radius 2 is 1.67 bits per heavy atom. The maximum atomic E-state index is 13.5. The predicted molar refractivity (Wildman–Crippen MR) is 103 cm³/mol. The van der Waals surface area contributed by atoms with Crippen LogP contribution in [0.5, 0.6) is 0 Å². The van der Waals surface area contributed by atoms with Crippen LogP contribution in [0.3, 0.4) is 0 Å². The van der Waals surface area contributed by atoms with Gasteiger partial charge in [-0.3, -0.25) is 4.79 Å². The van der Waals surface area contributed by atoms with Gasteiger partial charge in [-0.1, -0.05) is 62.6 Å². The first-order valence-electron chi connectivity index (χ1n) is 7.64. The van der Waals surface area contributed by atoms with E-state index in [-0.39, 0.29) is 6.16 Å². The molecule has 0 heterocycles. The van der Waals surface area contributed by atoms with Crippen molar-refractivity contribution in [2.75, 3.05) is 6.16 Å². The highest BCUT2D eigenvalue weighted by Gasteiger charge is 2.34. The number of hydrogen-bond donors (Lipinski definition) is 1. The molecular weight excluding hydrogens is 317 g/mol. The van der Waals surface area contributed by atoms with Gasteiger partial charge < -0.3 is 9.97 Å². The van der Waals surface area contributed by atoms with Crippen molar-refractivity contribution in [2.45, 2.75) is 6.92 Å². The molecule has 122 valence electrons. The van der Waals surface area contributed by atoms with E-state index in [1.165, 1.54) is 6.21 Å². The van der Waals surface area contributed by atoms with Crippen LogP contribution in [0.1, 0.15) is 34.0 Å². The summed E-state index contributed by atoms with van der Waals surface area (Å²) in [4.78, 5) is 13.2. The summed E-state index contributed by atoms with van der Waals surface area (Å²) >= 11 is 0. The molecule has 0 saturated heterocycles. The first-order valence-corrected chi connectivity index (χ1v) is 9.54. The molecule has 0 amide bonds. The highest BCUT2D eigenvalue weighted by Crippen LogP contribution is 2.48. The van der Waals surface area contributed by atoms with Gasteiger partial charge in [0.2, 0.25) is 5.52 Å². The van der Waals surface area contributed by atoms with Gasteiger partial charge in [0.25, 0.3) is 0 Å². The summed E-state index contributed by atoms with van der Waals surface area (Å²) in [6, 6.07) is 12.3. The number of carbonyl (C=O) groups is 1. The zero-order valence-corrected chi connectivity index (χ0v) is 14.6. The van der Waals surface area contributed by atoms with Crippen molar-refractivity contribution in [3.63, 3.8) is 0 Å². The molecule has 0 aliphatic heterocycles. The van der Waals surface area contributed by atoms with Gasteiger partial charge in [-0.05, 0) is 28.8 Å².